The summed E-state index contributed by atoms with van der Waals surface area (Å²) in [5.41, 5.74) is 2.08. The molecule has 2 aromatic carbocycles. The van der Waals surface area contributed by atoms with Gasteiger partial charge in [0, 0.05) is 30.6 Å². The molecule has 2 aromatic rings. The average Bonchev–Trinajstić information content (AvgIpc) is 2.82. The van der Waals surface area contributed by atoms with Crippen LogP contribution in [-0.4, -0.2) is 57.1 Å². The minimum Gasteiger partial charge on any atom is -0.497 e. The van der Waals surface area contributed by atoms with E-state index in [1.165, 1.54) is 4.31 Å². The van der Waals surface area contributed by atoms with E-state index in [1.54, 1.807) is 30.2 Å². The molecule has 204 valence electrons. The number of hydrogen-bond donors (Lipinski definition) is 1. The van der Waals surface area contributed by atoms with Crippen molar-refractivity contribution < 1.29 is 22.7 Å². The van der Waals surface area contributed by atoms with E-state index in [1.807, 2.05) is 52.0 Å². The first-order chi connectivity index (χ1) is 17.4. The number of carbonyl (C=O) groups excluding carboxylic acids is 2. The molecule has 0 bridgehead atoms. The Labute approximate surface area is 226 Å². The van der Waals surface area contributed by atoms with Crippen molar-refractivity contribution in [3.8, 4) is 5.75 Å². The Balaban J connectivity index is 2.27. The molecule has 0 saturated carbocycles. The van der Waals surface area contributed by atoms with Crippen molar-refractivity contribution in [1.29, 1.82) is 0 Å². The number of hydrogen-bond acceptors (Lipinski definition) is 5. The number of carbonyl (C=O) groups is 2. The Morgan fingerprint density at radius 2 is 1.84 bits per heavy atom. The molecule has 0 heterocycles. The molecule has 0 unspecified atom stereocenters. The molecule has 1 N–H and O–H groups in total. The second-order valence-electron chi connectivity index (χ2n) is 9.33. The molecule has 0 saturated heterocycles. The molecule has 0 radical (unpaired) electrons. The lowest BCUT2D eigenvalue weighted by molar-refractivity contribution is -0.141. The first-order valence-corrected chi connectivity index (χ1v) is 14.6. The summed E-state index contributed by atoms with van der Waals surface area (Å²) in [5.74, 6) is 0.205. The van der Waals surface area contributed by atoms with Crippen molar-refractivity contribution >= 4 is 39.1 Å². The van der Waals surface area contributed by atoms with Gasteiger partial charge in [0.2, 0.25) is 21.8 Å². The van der Waals surface area contributed by atoms with Gasteiger partial charge in [0.05, 0.1) is 19.1 Å². The van der Waals surface area contributed by atoms with Crippen LogP contribution in [0.4, 0.5) is 5.69 Å². The quantitative estimate of drug-likeness (QED) is 0.394. The van der Waals surface area contributed by atoms with E-state index in [9.17, 15) is 18.0 Å². The molecule has 0 spiro atoms. The zero-order valence-electron chi connectivity index (χ0n) is 22.5. The monoisotopic (exact) mass is 551 g/mol. The minimum absolute atomic E-state index is 0.0698. The van der Waals surface area contributed by atoms with Crippen LogP contribution >= 0.6 is 11.6 Å². The van der Waals surface area contributed by atoms with E-state index in [-0.39, 0.29) is 43.8 Å². The summed E-state index contributed by atoms with van der Waals surface area (Å²) in [5, 5.41) is 3.33. The van der Waals surface area contributed by atoms with Crippen molar-refractivity contribution in [1.82, 2.24) is 10.2 Å². The second kappa shape index (κ2) is 13.7. The fourth-order valence-corrected chi connectivity index (χ4v) is 5.28. The van der Waals surface area contributed by atoms with Gasteiger partial charge in [0.1, 0.15) is 11.8 Å². The van der Waals surface area contributed by atoms with Gasteiger partial charge in [-0.3, -0.25) is 13.9 Å². The summed E-state index contributed by atoms with van der Waals surface area (Å²) in [6.07, 6.45) is 1.91. The Morgan fingerprint density at radius 1 is 1.14 bits per heavy atom. The largest absolute Gasteiger partial charge is 0.497 e. The molecule has 10 heteroatoms. The van der Waals surface area contributed by atoms with Gasteiger partial charge < -0.3 is 15.0 Å². The van der Waals surface area contributed by atoms with Crippen molar-refractivity contribution in [2.45, 2.75) is 65.6 Å². The van der Waals surface area contributed by atoms with Gasteiger partial charge in [-0.1, -0.05) is 36.7 Å². The maximum atomic E-state index is 13.5. The van der Waals surface area contributed by atoms with Crippen LogP contribution in [0.1, 0.15) is 51.2 Å². The predicted octanol–water partition coefficient (Wildman–Crippen LogP) is 4.54. The summed E-state index contributed by atoms with van der Waals surface area (Å²) < 4.78 is 31.7. The number of methoxy groups -OCH3 is 1. The van der Waals surface area contributed by atoms with E-state index in [2.05, 4.69) is 5.32 Å². The third-order valence-electron chi connectivity index (χ3n) is 5.90. The molecule has 37 heavy (non-hydrogen) atoms. The van der Waals surface area contributed by atoms with Gasteiger partial charge >= 0.3 is 0 Å². The normalized spacial score (nSPS) is 12.2. The maximum Gasteiger partial charge on any atom is 0.243 e. The van der Waals surface area contributed by atoms with Crippen LogP contribution in [0.5, 0.6) is 5.75 Å². The predicted molar refractivity (Wildman–Crippen MR) is 149 cm³/mol. The molecular formula is C27H38ClN3O5S. The van der Waals surface area contributed by atoms with Gasteiger partial charge in [-0.05, 0) is 69.0 Å². The van der Waals surface area contributed by atoms with Crippen LogP contribution in [0.3, 0.4) is 0 Å². The number of sulfonamides is 1. The highest BCUT2D eigenvalue weighted by atomic mass is 35.5. The first-order valence-electron chi connectivity index (χ1n) is 12.3. The first kappa shape index (κ1) is 30.4. The minimum atomic E-state index is -3.61. The lowest BCUT2D eigenvalue weighted by Gasteiger charge is -2.32. The van der Waals surface area contributed by atoms with E-state index in [0.717, 1.165) is 17.4 Å². The number of amides is 2. The molecule has 2 rings (SSSR count). The highest BCUT2D eigenvalue weighted by molar-refractivity contribution is 7.92. The van der Waals surface area contributed by atoms with Gasteiger partial charge in [-0.15, -0.1) is 0 Å². The smallest absolute Gasteiger partial charge is 0.243 e. The second-order valence-corrected chi connectivity index (χ2v) is 11.7. The Hall–Kier alpha value is -2.78. The molecule has 8 nitrogen and oxygen atoms in total. The topological polar surface area (TPSA) is 96.0 Å². The van der Waals surface area contributed by atoms with E-state index in [4.69, 9.17) is 16.3 Å². The zero-order valence-corrected chi connectivity index (χ0v) is 24.0. The summed E-state index contributed by atoms with van der Waals surface area (Å²) in [6, 6.07) is 11.7. The SMILES string of the molecule is CC[C@@H](C(=O)NC(C)C)N(Cc1cccc(OC)c1)C(=O)CCCN(c1cc(Cl)ccc1C)S(C)(=O)=O. The Kier molecular flexibility index (Phi) is 11.3. The van der Waals surface area contributed by atoms with Gasteiger partial charge in [-0.2, -0.15) is 0 Å². The van der Waals surface area contributed by atoms with Crippen LogP contribution in [0.25, 0.3) is 0 Å². The van der Waals surface area contributed by atoms with Crippen molar-refractivity contribution in [3.05, 3.63) is 58.6 Å². The number of rotatable bonds is 13. The Morgan fingerprint density at radius 3 is 2.43 bits per heavy atom. The number of aryl methyl sites for hydroxylation is 1. The van der Waals surface area contributed by atoms with Crippen LogP contribution in [0.15, 0.2) is 42.5 Å². The number of ether oxygens (including phenoxy) is 1. The van der Waals surface area contributed by atoms with Crippen LogP contribution in [0.2, 0.25) is 5.02 Å². The molecule has 1 atom stereocenters. The van der Waals surface area contributed by atoms with Crippen molar-refractivity contribution in [2.75, 3.05) is 24.2 Å². The third-order valence-corrected chi connectivity index (χ3v) is 7.31. The Bertz CT molecular complexity index is 1190. The standard InChI is InChI=1S/C27H38ClN3O5S/c1-7-24(27(33)29-19(2)3)30(18-21-10-8-11-23(16-21)36-5)26(32)12-9-15-31(37(6,34)35)25-17-22(28)14-13-20(25)4/h8,10-11,13-14,16-17,19,24H,7,9,12,15,18H2,1-6H3,(H,29,33)/t24-/m0/s1. The highest BCUT2D eigenvalue weighted by Gasteiger charge is 2.29. The summed E-state index contributed by atoms with van der Waals surface area (Å²) >= 11 is 6.12. The number of halogens is 1. The van der Waals surface area contributed by atoms with Gasteiger partial charge in [-0.25, -0.2) is 8.42 Å². The van der Waals surface area contributed by atoms with Crippen molar-refractivity contribution in [2.24, 2.45) is 0 Å². The van der Waals surface area contributed by atoms with E-state index >= 15 is 0 Å². The average molecular weight is 552 g/mol. The molecule has 2 amide bonds. The fourth-order valence-electron chi connectivity index (χ4n) is 4.10. The summed E-state index contributed by atoms with van der Waals surface area (Å²) in [6.45, 7) is 7.75. The lowest BCUT2D eigenvalue weighted by atomic mass is 10.1. The number of anilines is 1. The summed E-state index contributed by atoms with van der Waals surface area (Å²) in [7, 11) is -2.04. The third kappa shape index (κ3) is 8.93. The van der Waals surface area contributed by atoms with Crippen LogP contribution in [0, 0.1) is 6.92 Å². The molecular weight excluding hydrogens is 514 g/mol. The van der Waals surface area contributed by atoms with Gasteiger partial charge in [0.25, 0.3) is 0 Å². The van der Waals surface area contributed by atoms with Crippen LogP contribution < -0.4 is 14.4 Å². The highest BCUT2D eigenvalue weighted by Crippen LogP contribution is 2.27. The zero-order chi connectivity index (χ0) is 27.8. The molecule has 0 aliphatic rings. The summed E-state index contributed by atoms with van der Waals surface area (Å²) in [4.78, 5) is 28.1. The maximum absolute atomic E-state index is 13.5. The number of nitrogens with one attached hydrogen (secondary N) is 1. The molecule has 0 fully saturated rings. The molecule has 0 aliphatic heterocycles. The fraction of sp³-hybridized carbons (Fsp3) is 0.481. The van der Waals surface area contributed by atoms with E-state index < -0.39 is 16.1 Å². The lowest BCUT2D eigenvalue weighted by Crippen LogP contribution is -2.50. The van der Waals surface area contributed by atoms with E-state index in [0.29, 0.717) is 22.9 Å². The molecule has 0 aromatic heterocycles. The number of benzene rings is 2. The van der Waals surface area contributed by atoms with Crippen molar-refractivity contribution in [3.63, 3.8) is 0 Å². The molecule has 0 aliphatic carbocycles. The van der Waals surface area contributed by atoms with Crippen LogP contribution in [-0.2, 0) is 26.2 Å². The number of nitrogens with zero attached hydrogens (tertiary/aromatic N) is 2. The van der Waals surface area contributed by atoms with Gasteiger partial charge in [0.15, 0.2) is 0 Å².